The van der Waals surface area contributed by atoms with E-state index in [9.17, 15) is 0 Å². The molecule has 1 atom stereocenters. The molecule has 1 unspecified atom stereocenters. The van der Waals surface area contributed by atoms with Crippen molar-refractivity contribution in [1.82, 2.24) is 19.6 Å². The fourth-order valence-corrected chi connectivity index (χ4v) is 2.15. The molecular weight excluding hydrogens is 254 g/mol. The number of fused-ring (bicyclic) bond motifs is 1. The van der Waals surface area contributed by atoms with Crippen LogP contribution in [0, 0.1) is 6.92 Å². The van der Waals surface area contributed by atoms with Crippen LogP contribution in [0.4, 0.5) is 5.82 Å². The Morgan fingerprint density at radius 2 is 2.28 bits per heavy atom. The van der Waals surface area contributed by atoms with Crippen LogP contribution < -0.4 is 4.90 Å². The molecule has 7 heteroatoms. The van der Waals surface area contributed by atoms with Crippen LogP contribution in [0.5, 0.6) is 0 Å². The van der Waals surface area contributed by atoms with E-state index in [-0.39, 0.29) is 5.38 Å². The molecule has 2 aromatic heterocycles. The third-order valence-corrected chi connectivity index (χ3v) is 2.92. The predicted molar refractivity (Wildman–Crippen MR) is 70.3 cm³/mol. The Morgan fingerprint density at radius 1 is 1.50 bits per heavy atom. The van der Waals surface area contributed by atoms with Crippen molar-refractivity contribution in [1.29, 1.82) is 0 Å². The highest BCUT2D eigenvalue weighted by Crippen LogP contribution is 2.17. The molecule has 0 saturated heterocycles. The minimum Gasteiger partial charge on any atom is -0.383 e. The van der Waals surface area contributed by atoms with E-state index < -0.39 is 0 Å². The number of aromatic nitrogens is 4. The summed E-state index contributed by atoms with van der Waals surface area (Å²) < 4.78 is 6.92. The van der Waals surface area contributed by atoms with Gasteiger partial charge in [-0.15, -0.1) is 21.8 Å². The lowest BCUT2D eigenvalue weighted by molar-refractivity contribution is 0.199. The highest BCUT2D eigenvalue weighted by Gasteiger charge is 2.15. The highest BCUT2D eigenvalue weighted by atomic mass is 35.5. The van der Waals surface area contributed by atoms with Crippen LogP contribution in [0.3, 0.4) is 0 Å². The van der Waals surface area contributed by atoms with E-state index >= 15 is 0 Å². The topological polar surface area (TPSA) is 55.5 Å². The Hall–Kier alpha value is -1.40. The van der Waals surface area contributed by atoms with Gasteiger partial charge >= 0.3 is 0 Å². The quantitative estimate of drug-likeness (QED) is 0.762. The van der Waals surface area contributed by atoms with Gasteiger partial charge in [-0.05, 0) is 6.92 Å². The fourth-order valence-electron chi connectivity index (χ4n) is 1.82. The summed E-state index contributed by atoms with van der Waals surface area (Å²) in [7, 11) is 3.56. The van der Waals surface area contributed by atoms with Crippen molar-refractivity contribution in [3.63, 3.8) is 0 Å². The number of ether oxygens (including phenoxy) is 1. The molecule has 98 valence electrons. The predicted octanol–water partition coefficient (Wildman–Crippen LogP) is 1.12. The van der Waals surface area contributed by atoms with Gasteiger partial charge in [0.1, 0.15) is 5.82 Å². The van der Waals surface area contributed by atoms with Gasteiger partial charge in [0.2, 0.25) is 5.65 Å². The van der Waals surface area contributed by atoms with Crippen molar-refractivity contribution in [2.24, 2.45) is 0 Å². The van der Waals surface area contributed by atoms with Gasteiger partial charge in [0.15, 0.2) is 5.82 Å². The fraction of sp³-hybridized carbons (Fsp3) is 0.545. The second-order valence-corrected chi connectivity index (χ2v) is 4.74. The van der Waals surface area contributed by atoms with E-state index in [1.54, 1.807) is 13.3 Å². The van der Waals surface area contributed by atoms with Gasteiger partial charge < -0.3 is 9.64 Å². The lowest BCUT2D eigenvalue weighted by Gasteiger charge is -2.20. The average molecular weight is 270 g/mol. The first-order chi connectivity index (χ1) is 8.63. The zero-order chi connectivity index (χ0) is 13.1. The molecule has 0 aliphatic rings. The molecule has 0 aliphatic carbocycles. The summed E-state index contributed by atoms with van der Waals surface area (Å²) in [6, 6.07) is 0. The number of hydrogen-bond acceptors (Lipinski definition) is 5. The van der Waals surface area contributed by atoms with Gasteiger partial charge in [-0.25, -0.2) is 4.98 Å². The Kier molecular flexibility index (Phi) is 3.98. The van der Waals surface area contributed by atoms with Crippen LogP contribution in [0.15, 0.2) is 12.4 Å². The summed E-state index contributed by atoms with van der Waals surface area (Å²) in [5.41, 5.74) is 0.735. The van der Waals surface area contributed by atoms with Crippen LogP contribution in [0.25, 0.3) is 5.65 Å². The number of halogens is 1. The van der Waals surface area contributed by atoms with Crippen molar-refractivity contribution in [2.45, 2.75) is 12.3 Å². The second kappa shape index (κ2) is 5.49. The number of rotatable bonds is 5. The highest BCUT2D eigenvalue weighted by molar-refractivity contribution is 6.21. The molecule has 0 amide bonds. The Morgan fingerprint density at radius 3 is 3.00 bits per heavy atom. The largest absolute Gasteiger partial charge is 0.383 e. The lowest BCUT2D eigenvalue weighted by Crippen LogP contribution is -2.29. The van der Waals surface area contributed by atoms with E-state index in [2.05, 4.69) is 15.2 Å². The van der Waals surface area contributed by atoms with E-state index in [1.807, 2.05) is 29.5 Å². The van der Waals surface area contributed by atoms with E-state index in [0.717, 1.165) is 17.3 Å². The zero-order valence-corrected chi connectivity index (χ0v) is 11.4. The number of nitrogens with zero attached hydrogens (tertiary/aromatic N) is 5. The maximum atomic E-state index is 6.14. The summed E-state index contributed by atoms with van der Waals surface area (Å²) in [5, 5.41) is 8.08. The van der Waals surface area contributed by atoms with Gasteiger partial charge in [-0.3, -0.25) is 4.40 Å². The molecule has 0 spiro atoms. The van der Waals surface area contributed by atoms with Crippen molar-refractivity contribution in [2.75, 3.05) is 32.2 Å². The Bertz CT molecular complexity index is 529. The first-order valence-electron chi connectivity index (χ1n) is 5.64. The van der Waals surface area contributed by atoms with Crippen LogP contribution in [0.2, 0.25) is 0 Å². The van der Waals surface area contributed by atoms with Gasteiger partial charge in [-0.1, -0.05) is 0 Å². The average Bonchev–Trinajstić information content (AvgIpc) is 2.71. The molecular formula is C11H16ClN5O. The second-order valence-electron chi connectivity index (χ2n) is 4.12. The van der Waals surface area contributed by atoms with Crippen LogP contribution >= 0.6 is 11.6 Å². The monoisotopic (exact) mass is 269 g/mol. The molecule has 2 heterocycles. The summed E-state index contributed by atoms with van der Waals surface area (Å²) in [6.45, 7) is 3.04. The summed E-state index contributed by atoms with van der Waals surface area (Å²) in [5.74, 6) is 1.60. The molecule has 0 aromatic carbocycles. The maximum absolute atomic E-state index is 6.14. The number of hydrogen-bond donors (Lipinski definition) is 0. The molecule has 2 aromatic rings. The van der Waals surface area contributed by atoms with Crippen LogP contribution in [-0.2, 0) is 4.74 Å². The molecule has 0 fully saturated rings. The van der Waals surface area contributed by atoms with Crippen LogP contribution in [0.1, 0.15) is 5.82 Å². The molecule has 0 N–H and O–H groups in total. The summed E-state index contributed by atoms with van der Waals surface area (Å²) in [4.78, 5) is 6.29. The molecule has 6 nitrogen and oxygen atoms in total. The van der Waals surface area contributed by atoms with Crippen LogP contribution in [-0.4, -0.2) is 52.3 Å². The standard InChI is InChI=1S/C11H16ClN5O/c1-8-14-15-11-10(13-4-5-17(8)11)16(2)6-9(12)7-18-3/h4-5,9H,6-7H2,1-3H3. The zero-order valence-electron chi connectivity index (χ0n) is 10.7. The van der Waals surface area contributed by atoms with Gasteiger partial charge in [0, 0.05) is 33.1 Å². The van der Waals surface area contributed by atoms with Crippen molar-refractivity contribution in [3.05, 3.63) is 18.2 Å². The summed E-state index contributed by atoms with van der Waals surface area (Å²) in [6.07, 6.45) is 3.57. The minimum absolute atomic E-state index is 0.0916. The Balaban J connectivity index is 2.25. The minimum atomic E-state index is -0.0916. The lowest BCUT2D eigenvalue weighted by atomic mass is 10.4. The maximum Gasteiger partial charge on any atom is 0.203 e. The number of methoxy groups -OCH3 is 1. The molecule has 0 bridgehead atoms. The number of aryl methyl sites for hydroxylation is 1. The van der Waals surface area contributed by atoms with Crippen molar-refractivity contribution in [3.8, 4) is 0 Å². The molecule has 0 saturated carbocycles. The Labute approximate surface area is 111 Å². The van der Waals surface area contributed by atoms with Crippen molar-refractivity contribution >= 4 is 23.1 Å². The van der Waals surface area contributed by atoms with Gasteiger partial charge in [-0.2, -0.15) is 0 Å². The summed E-state index contributed by atoms with van der Waals surface area (Å²) >= 11 is 6.14. The number of alkyl halides is 1. The molecule has 0 aliphatic heterocycles. The van der Waals surface area contributed by atoms with E-state index in [4.69, 9.17) is 16.3 Å². The normalized spacial score (nSPS) is 12.9. The third kappa shape index (κ3) is 2.54. The van der Waals surface area contributed by atoms with E-state index in [1.165, 1.54) is 0 Å². The van der Waals surface area contributed by atoms with Gasteiger partial charge in [0.05, 0.1) is 12.0 Å². The molecule has 2 rings (SSSR count). The van der Waals surface area contributed by atoms with E-state index in [0.29, 0.717) is 13.2 Å². The van der Waals surface area contributed by atoms with Gasteiger partial charge in [0.25, 0.3) is 0 Å². The first kappa shape index (κ1) is 13.0. The smallest absolute Gasteiger partial charge is 0.203 e. The molecule has 18 heavy (non-hydrogen) atoms. The third-order valence-electron chi connectivity index (χ3n) is 2.66. The first-order valence-corrected chi connectivity index (χ1v) is 6.07. The number of anilines is 1. The molecule has 0 radical (unpaired) electrons. The SMILES string of the molecule is COCC(Cl)CN(C)c1nccn2c(C)nnc12. The van der Waals surface area contributed by atoms with Crippen molar-refractivity contribution < 1.29 is 4.74 Å².